The molecule has 1 saturated heterocycles. The number of carbonyl (C=O) groups excluding carboxylic acids is 3. The quantitative estimate of drug-likeness (QED) is 0.342. The fraction of sp³-hybridized carbons (Fsp3) is 0.385. The van der Waals surface area contributed by atoms with Crippen molar-refractivity contribution in [2.75, 3.05) is 32.8 Å². The van der Waals surface area contributed by atoms with Gasteiger partial charge in [0.1, 0.15) is 18.5 Å². The topological polar surface area (TPSA) is 104 Å². The number of imide groups is 1. The van der Waals surface area contributed by atoms with Crippen LogP contribution in [0.1, 0.15) is 42.5 Å². The molecule has 37 heavy (non-hydrogen) atoms. The lowest BCUT2D eigenvalue weighted by atomic mass is 9.93. The van der Waals surface area contributed by atoms with Crippen LogP contribution < -0.4 is 15.9 Å². The Bertz CT molecular complexity index is 1230. The molecular weight excluding hydrogens is 496 g/mol. The number of benzene rings is 1. The molecule has 1 fully saturated rings. The van der Waals surface area contributed by atoms with E-state index in [1.54, 1.807) is 6.07 Å². The first-order valence-corrected chi connectivity index (χ1v) is 13.0. The first-order valence-electron chi connectivity index (χ1n) is 12.4. The number of nitrogens with one attached hydrogen (secondary N) is 2. The van der Waals surface area contributed by atoms with E-state index in [1.165, 1.54) is 12.1 Å². The average molecular weight is 526 g/mol. The molecule has 0 saturated carbocycles. The summed E-state index contributed by atoms with van der Waals surface area (Å²) in [6, 6.07) is 7.95. The van der Waals surface area contributed by atoms with E-state index in [4.69, 9.17) is 4.74 Å². The number of ether oxygens (including phenoxy) is 1. The third-order valence-electron chi connectivity index (χ3n) is 7.08. The zero-order valence-electron chi connectivity index (χ0n) is 20.3. The minimum Gasteiger partial charge on any atom is -0.456 e. The number of pyridine rings is 1. The molecule has 1 aromatic heterocycles. The van der Waals surface area contributed by atoms with E-state index in [9.17, 15) is 18.8 Å². The molecule has 0 bridgehead atoms. The predicted molar refractivity (Wildman–Crippen MR) is 138 cm³/mol. The largest absolute Gasteiger partial charge is 0.456 e. The molecule has 2 N–H and O–H groups in total. The average Bonchev–Trinajstić information content (AvgIpc) is 3.28. The minimum atomic E-state index is -1.08. The lowest BCUT2D eigenvalue weighted by Gasteiger charge is -2.34. The van der Waals surface area contributed by atoms with Gasteiger partial charge in [0.2, 0.25) is 0 Å². The highest BCUT2D eigenvalue weighted by Crippen LogP contribution is 2.37. The number of amides is 4. The van der Waals surface area contributed by atoms with Crippen LogP contribution in [0.3, 0.4) is 0 Å². The van der Waals surface area contributed by atoms with Gasteiger partial charge in [-0.25, -0.2) is 23.7 Å². The van der Waals surface area contributed by atoms with Gasteiger partial charge in [-0.15, -0.1) is 9.24 Å². The lowest BCUT2D eigenvalue weighted by molar-refractivity contribution is -0.136. The monoisotopic (exact) mass is 525 g/mol. The van der Waals surface area contributed by atoms with Crippen molar-refractivity contribution in [2.45, 2.75) is 31.2 Å². The summed E-state index contributed by atoms with van der Waals surface area (Å²) in [4.78, 5) is 46.3. The maximum absolute atomic E-state index is 14.4. The van der Waals surface area contributed by atoms with Crippen LogP contribution in [0.2, 0.25) is 0 Å². The number of esters is 1. The van der Waals surface area contributed by atoms with Gasteiger partial charge in [0.05, 0.1) is 11.3 Å². The molecular formula is C26H29FN5O4P. The van der Waals surface area contributed by atoms with Crippen molar-refractivity contribution in [3.8, 4) is 0 Å². The van der Waals surface area contributed by atoms with Crippen LogP contribution in [0, 0.1) is 5.82 Å². The first-order chi connectivity index (χ1) is 17.9. The van der Waals surface area contributed by atoms with Gasteiger partial charge < -0.3 is 20.3 Å². The van der Waals surface area contributed by atoms with Crippen LogP contribution in [-0.4, -0.2) is 65.6 Å². The van der Waals surface area contributed by atoms with E-state index in [-0.39, 0.29) is 12.2 Å². The van der Waals surface area contributed by atoms with Crippen LogP contribution >= 0.6 is 9.24 Å². The van der Waals surface area contributed by atoms with Crippen LogP contribution in [0.15, 0.2) is 53.9 Å². The first kappa shape index (κ1) is 25.3. The molecule has 0 aliphatic carbocycles. The second-order valence-corrected chi connectivity index (χ2v) is 10.0. The van der Waals surface area contributed by atoms with E-state index < -0.39 is 29.9 Å². The van der Waals surface area contributed by atoms with Gasteiger partial charge in [-0.2, -0.15) is 0 Å². The number of carbonyl (C=O) groups is 3. The fourth-order valence-electron chi connectivity index (χ4n) is 5.12. The number of cyclic esters (lactones) is 1. The van der Waals surface area contributed by atoms with Crippen LogP contribution in [0.5, 0.6) is 0 Å². The second-order valence-electron chi connectivity index (χ2n) is 9.41. The van der Waals surface area contributed by atoms with Gasteiger partial charge in [-0.05, 0) is 62.7 Å². The maximum atomic E-state index is 14.4. The minimum absolute atomic E-state index is 0.0902. The number of aromatic nitrogens is 1. The SMILES string of the molecule is O=C1OCC2=C1C(c1ccc(P)c(F)c1)N(C(=O)NCCCN1CCC(c3ccccn3)CC1)C(=O)N2. The van der Waals surface area contributed by atoms with Crippen molar-refractivity contribution >= 4 is 32.6 Å². The molecule has 2 aromatic rings. The van der Waals surface area contributed by atoms with E-state index in [2.05, 4.69) is 35.8 Å². The van der Waals surface area contributed by atoms with Gasteiger partial charge in [0, 0.05) is 29.7 Å². The molecule has 0 spiro atoms. The number of nitrogens with zero attached hydrogens (tertiary/aromatic N) is 3. The summed E-state index contributed by atoms with van der Waals surface area (Å²) in [5.41, 5.74) is 1.89. The third kappa shape index (κ3) is 5.36. The molecule has 11 heteroatoms. The summed E-state index contributed by atoms with van der Waals surface area (Å²) >= 11 is 0. The zero-order chi connectivity index (χ0) is 25.9. The number of likely N-dealkylation sites (tertiary alicyclic amines) is 1. The number of urea groups is 2. The predicted octanol–water partition coefficient (Wildman–Crippen LogP) is 2.58. The molecule has 5 rings (SSSR count). The summed E-state index contributed by atoms with van der Waals surface area (Å²) in [6.07, 6.45) is 4.61. The molecule has 2 unspecified atom stereocenters. The van der Waals surface area contributed by atoms with Crippen molar-refractivity contribution in [3.05, 3.63) is 70.9 Å². The number of piperidine rings is 1. The summed E-state index contributed by atoms with van der Waals surface area (Å²) in [5, 5.41) is 5.71. The van der Waals surface area contributed by atoms with Crippen molar-refractivity contribution in [3.63, 3.8) is 0 Å². The smallest absolute Gasteiger partial charge is 0.338 e. The Hall–Kier alpha value is -3.36. The van der Waals surface area contributed by atoms with E-state index in [1.807, 2.05) is 18.3 Å². The molecule has 9 nitrogen and oxygen atoms in total. The molecule has 194 valence electrons. The highest BCUT2D eigenvalue weighted by Gasteiger charge is 2.45. The van der Waals surface area contributed by atoms with Gasteiger partial charge in [-0.1, -0.05) is 18.2 Å². The Balaban J connectivity index is 1.19. The van der Waals surface area contributed by atoms with Crippen molar-refractivity contribution in [1.29, 1.82) is 0 Å². The molecule has 3 aliphatic rings. The van der Waals surface area contributed by atoms with Crippen LogP contribution in [-0.2, 0) is 9.53 Å². The zero-order valence-corrected chi connectivity index (χ0v) is 21.4. The van der Waals surface area contributed by atoms with Crippen LogP contribution in [0.25, 0.3) is 0 Å². The Morgan fingerprint density at radius 1 is 1.22 bits per heavy atom. The van der Waals surface area contributed by atoms with Crippen molar-refractivity contribution in [1.82, 2.24) is 25.4 Å². The lowest BCUT2D eigenvalue weighted by Crippen LogP contribution is -2.54. The summed E-state index contributed by atoms with van der Waals surface area (Å²) in [5.74, 6) is -0.685. The van der Waals surface area contributed by atoms with E-state index in [0.717, 1.165) is 43.1 Å². The Morgan fingerprint density at radius 3 is 2.76 bits per heavy atom. The normalized spacial score (nSPS) is 20.5. The number of hydrogen-bond acceptors (Lipinski definition) is 6. The van der Waals surface area contributed by atoms with E-state index in [0.29, 0.717) is 35.4 Å². The van der Waals surface area contributed by atoms with Gasteiger partial charge in [0.15, 0.2) is 0 Å². The standard InChI is InChI=1S/C26H29FN5O4P/c27-18-14-17(5-6-21(18)37)23-22-20(15-36-24(22)33)30-26(35)32(23)25(34)29-10-3-11-31-12-7-16(8-13-31)19-4-1-2-9-28-19/h1-2,4-6,9,14,16,23H,3,7-8,10-13,15,37H2,(H,29,34)(H,30,35). The Morgan fingerprint density at radius 2 is 2.03 bits per heavy atom. The molecule has 4 amide bonds. The van der Waals surface area contributed by atoms with Gasteiger partial charge in [0.25, 0.3) is 0 Å². The van der Waals surface area contributed by atoms with Gasteiger partial charge in [-0.3, -0.25) is 4.98 Å². The van der Waals surface area contributed by atoms with Crippen LogP contribution in [0.4, 0.5) is 14.0 Å². The van der Waals surface area contributed by atoms with E-state index >= 15 is 0 Å². The summed E-state index contributed by atoms with van der Waals surface area (Å²) in [7, 11) is 2.28. The second kappa shape index (κ2) is 10.9. The molecule has 2 atom stereocenters. The van der Waals surface area contributed by atoms with Gasteiger partial charge >= 0.3 is 18.0 Å². The molecule has 3 aliphatic heterocycles. The number of hydrogen-bond donors (Lipinski definition) is 2. The Kier molecular flexibility index (Phi) is 7.48. The Labute approximate surface area is 216 Å². The highest BCUT2D eigenvalue weighted by molar-refractivity contribution is 7.27. The maximum Gasteiger partial charge on any atom is 0.338 e. The van der Waals surface area contributed by atoms with Crippen molar-refractivity contribution in [2.24, 2.45) is 0 Å². The number of rotatable bonds is 6. The third-order valence-corrected chi connectivity index (χ3v) is 7.55. The fourth-order valence-corrected chi connectivity index (χ4v) is 5.30. The highest BCUT2D eigenvalue weighted by atomic mass is 31.0. The molecule has 1 aromatic carbocycles. The summed E-state index contributed by atoms with van der Waals surface area (Å²) < 4.78 is 19.5. The molecule has 4 heterocycles. The summed E-state index contributed by atoms with van der Waals surface area (Å²) in [6.45, 7) is 3.00. The molecule has 0 radical (unpaired) electrons. The van der Waals surface area contributed by atoms with Crippen molar-refractivity contribution < 1.29 is 23.5 Å². The number of halogens is 1.